The molecule has 1 saturated carbocycles. The molecule has 0 saturated heterocycles. The highest BCUT2D eigenvalue weighted by Crippen LogP contribution is 2.40. The Balaban J connectivity index is 2.27. The first-order chi connectivity index (χ1) is 10.1. The molecule has 0 aliphatic heterocycles. The van der Waals surface area contributed by atoms with Crippen molar-refractivity contribution < 1.29 is 13.2 Å². The molecule has 2 rings (SSSR count). The SMILES string of the molecule is CC(C)(C)[Si](C)(C)Oc1c(F)cc(C2CCCCC2)cc1F. The highest BCUT2D eigenvalue weighted by molar-refractivity contribution is 6.74. The summed E-state index contributed by atoms with van der Waals surface area (Å²) in [5.41, 5.74) is 0.789. The molecule has 0 spiro atoms. The summed E-state index contributed by atoms with van der Waals surface area (Å²) in [6.07, 6.45) is 5.59. The Labute approximate surface area is 134 Å². The smallest absolute Gasteiger partial charge is 0.250 e. The van der Waals surface area contributed by atoms with Crippen molar-refractivity contribution in [3.63, 3.8) is 0 Å². The van der Waals surface area contributed by atoms with Crippen molar-refractivity contribution in [2.24, 2.45) is 0 Å². The van der Waals surface area contributed by atoms with Gasteiger partial charge in [-0.05, 0) is 54.6 Å². The summed E-state index contributed by atoms with van der Waals surface area (Å²) < 4.78 is 34.7. The molecule has 0 N–H and O–H groups in total. The molecule has 0 unspecified atom stereocenters. The van der Waals surface area contributed by atoms with E-state index in [-0.39, 0.29) is 10.8 Å². The van der Waals surface area contributed by atoms with Gasteiger partial charge in [0.25, 0.3) is 8.32 Å². The fourth-order valence-electron chi connectivity index (χ4n) is 2.76. The molecule has 0 atom stereocenters. The maximum absolute atomic E-state index is 14.4. The van der Waals surface area contributed by atoms with Gasteiger partial charge in [-0.2, -0.15) is 0 Å². The third-order valence-corrected chi connectivity index (χ3v) is 9.59. The van der Waals surface area contributed by atoms with Crippen molar-refractivity contribution >= 4 is 8.32 Å². The van der Waals surface area contributed by atoms with E-state index < -0.39 is 20.0 Å². The lowest BCUT2D eigenvalue weighted by Crippen LogP contribution is -2.44. The standard InChI is InChI=1S/C18H28F2OSi/c1-18(2,3)22(4,5)21-17-15(19)11-14(12-16(17)20)13-9-7-6-8-10-13/h11-13H,6-10H2,1-5H3. The van der Waals surface area contributed by atoms with Crippen molar-refractivity contribution in [3.05, 3.63) is 29.3 Å². The van der Waals surface area contributed by atoms with Crippen LogP contribution in [0.1, 0.15) is 64.4 Å². The van der Waals surface area contributed by atoms with Crippen LogP contribution in [0.15, 0.2) is 12.1 Å². The zero-order chi connectivity index (χ0) is 16.5. The lowest BCUT2D eigenvalue weighted by Gasteiger charge is -2.36. The first-order valence-electron chi connectivity index (χ1n) is 8.30. The van der Waals surface area contributed by atoms with Crippen LogP contribution in [-0.2, 0) is 0 Å². The second-order valence-electron chi connectivity index (χ2n) is 8.01. The van der Waals surface area contributed by atoms with Crippen LogP contribution in [0.5, 0.6) is 5.75 Å². The van der Waals surface area contributed by atoms with Gasteiger partial charge >= 0.3 is 0 Å². The molecule has 124 valence electrons. The van der Waals surface area contributed by atoms with E-state index in [2.05, 4.69) is 20.8 Å². The zero-order valence-corrected chi connectivity index (χ0v) is 15.4. The molecule has 0 radical (unpaired) electrons. The van der Waals surface area contributed by atoms with Crippen LogP contribution in [0.25, 0.3) is 0 Å². The van der Waals surface area contributed by atoms with Crippen molar-refractivity contribution in [2.45, 2.75) is 76.9 Å². The van der Waals surface area contributed by atoms with Gasteiger partial charge in [0.15, 0.2) is 17.4 Å². The molecule has 0 heterocycles. The number of benzene rings is 1. The number of halogens is 2. The average Bonchev–Trinajstić information content (AvgIpc) is 2.42. The largest absolute Gasteiger partial charge is 0.540 e. The topological polar surface area (TPSA) is 9.23 Å². The molecule has 1 aliphatic carbocycles. The molecular formula is C18H28F2OSi. The molecule has 1 aromatic carbocycles. The van der Waals surface area contributed by atoms with Gasteiger partial charge in [0.05, 0.1) is 0 Å². The molecule has 0 amide bonds. The molecule has 1 aliphatic rings. The van der Waals surface area contributed by atoms with E-state index in [1.165, 1.54) is 18.6 Å². The normalized spacial score (nSPS) is 17.6. The van der Waals surface area contributed by atoms with Gasteiger partial charge in [0.2, 0.25) is 0 Å². The Morgan fingerprint density at radius 1 is 1.00 bits per heavy atom. The highest BCUT2D eigenvalue weighted by atomic mass is 28.4. The van der Waals surface area contributed by atoms with Crippen LogP contribution in [0.3, 0.4) is 0 Å². The molecule has 0 aromatic heterocycles. The average molecular weight is 327 g/mol. The molecule has 1 fully saturated rings. The number of hydrogen-bond donors (Lipinski definition) is 0. The van der Waals surface area contributed by atoms with Gasteiger partial charge in [-0.1, -0.05) is 40.0 Å². The Morgan fingerprint density at radius 3 is 1.95 bits per heavy atom. The van der Waals surface area contributed by atoms with Gasteiger partial charge < -0.3 is 4.43 Å². The van der Waals surface area contributed by atoms with Crippen LogP contribution in [0.2, 0.25) is 18.1 Å². The maximum atomic E-state index is 14.4. The number of hydrogen-bond acceptors (Lipinski definition) is 1. The van der Waals surface area contributed by atoms with Crippen LogP contribution in [-0.4, -0.2) is 8.32 Å². The summed E-state index contributed by atoms with van der Waals surface area (Å²) in [4.78, 5) is 0. The van der Waals surface area contributed by atoms with Crippen LogP contribution in [0, 0.1) is 11.6 Å². The van der Waals surface area contributed by atoms with Gasteiger partial charge in [-0.25, -0.2) is 8.78 Å². The highest BCUT2D eigenvalue weighted by Gasteiger charge is 2.40. The Morgan fingerprint density at radius 2 is 1.50 bits per heavy atom. The maximum Gasteiger partial charge on any atom is 0.250 e. The van der Waals surface area contributed by atoms with Crippen LogP contribution in [0.4, 0.5) is 8.78 Å². The zero-order valence-electron chi connectivity index (χ0n) is 14.4. The Bertz CT molecular complexity index is 505. The first kappa shape index (κ1) is 17.5. The summed E-state index contributed by atoms with van der Waals surface area (Å²) in [6.45, 7) is 10.2. The molecule has 4 heteroatoms. The minimum Gasteiger partial charge on any atom is -0.540 e. The predicted octanol–water partition coefficient (Wildman–Crippen LogP) is 6.40. The molecule has 1 nitrogen and oxygen atoms in total. The van der Waals surface area contributed by atoms with Gasteiger partial charge in [0.1, 0.15) is 0 Å². The van der Waals surface area contributed by atoms with E-state index in [4.69, 9.17) is 4.43 Å². The summed E-state index contributed by atoms with van der Waals surface area (Å²) >= 11 is 0. The van der Waals surface area contributed by atoms with Crippen molar-refractivity contribution in [1.82, 2.24) is 0 Å². The van der Waals surface area contributed by atoms with Crippen LogP contribution < -0.4 is 4.43 Å². The second-order valence-corrected chi connectivity index (χ2v) is 12.7. The second kappa shape index (κ2) is 6.30. The molecular weight excluding hydrogens is 298 g/mol. The molecule has 22 heavy (non-hydrogen) atoms. The van der Waals surface area contributed by atoms with Gasteiger partial charge in [-0.15, -0.1) is 0 Å². The van der Waals surface area contributed by atoms with E-state index in [1.807, 2.05) is 13.1 Å². The monoisotopic (exact) mass is 326 g/mol. The Hall–Kier alpha value is -0.903. The van der Waals surface area contributed by atoms with E-state index >= 15 is 0 Å². The van der Waals surface area contributed by atoms with Crippen molar-refractivity contribution in [3.8, 4) is 5.75 Å². The molecule has 0 bridgehead atoms. The summed E-state index contributed by atoms with van der Waals surface area (Å²) in [7, 11) is -2.25. The predicted molar refractivity (Wildman–Crippen MR) is 90.0 cm³/mol. The van der Waals surface area contributed by atoms with E-state index in [0.29, 0.717) is 5.92 Å². The van der Waals surface area contributed by atoms with E-state index in [0.717, 1.165) is 31.2 Å². The van der Waals surface area contributed by atoms with Gasteiger partial charge in [-0.3, -0.25) is 0 Å². The van der Waals surface area contributed by atoms with Gasteiger partial charge in [0, 0.05) is 0 Å². The van der Waals surface area contributed by atoms with Crippen LogP contribution >= 0.6 is 0 Å². The van der Waals surface area contributed by atoms with E-state index in [9.17, 15) is 8.78 Å². The van der Waals surface area contributed by atoms with Crippen molar-refractivity contribution in [2.75, 3.05) is 0 Å². The van der Waals surface area contributed by atoms with Crippen molar-refractivity contribution in [1.29, 1.82) is 0 Å². The minimum absolute atomic E-state index is 0.0894. The fraction of sp³-hybridized carbons (Fsp3) is 0.667. The lowest BCUT2D eigenvalue weighted by atomic mass is 9.84. The third-order valence-electron chi connectivity index (χ3n) is 5.26. The number of rotatable bonds is 3. The Kier molecular flexibility index (Phi) is 5.00. The summed E-state index contributed by atoms with van der Waals surface area (Å²) in [5.74, 6) is -0.999. The summed E-state index contributed by atoms with van der Waals surface area (Å²) in [6, 6.07) is 2.98. The summed E-state index contributed by atoms with van der Waals surface area (Å²) in [5, 5.41) is -0.0894. The first-order valence-corrected chi connectivity index (χ1v) is 11.2. The van der Waals surface area contributed by atoms with E-state index in [1.54, 1.807) is 0 Å². The minimum atomic E-state index is -2.25. The third kappa shape index (κ3) is 3.70. The quantitative estimate of drug-likeness (QED) is 0.584. The molecule has 1 aromatic rings. The fourth-order valence-corrected chi connectivity index (χ4v) is 3.77. The lowest BCUT2D eigenvalue weighted by molar-refractivity contribution is 0.413.